The van der Waals surface area contributed by atoms with Crippen LogP contribution in [0.5, 0.6) is 0 Å². The third kappa shape index (κ3) is 5.05. The number of anilines is 2. The van der Waals surface area contributed by atoms with Crippen LogP contribution in [0.15, 0.2) is 91.0 Å². The fraction of sp³-hybridized carbons (Fsp3) is 0.226. The molecule has 6 heteroatoms. The van der Waals surface area contributed by atoms with Gasteiger partial charge in [-0.3, -0.25) is 9.59 Å². The van der Waals surface area contributed by atoms with Crippen LogP contribution in [0.2, 0.25) is 5.02 Å². The van der Waals surface area contributed by atoms with Crippen LogP contribution in [0, 0.1) is 5.92 Å². The van der Waals surface area contributed by atoms with E-state index < -0.39 is 0 Å². The van der Waals surface area contributed by atoms with Gasteiger partial charge in [-0.1, -0.05) is 60.1 Å². The molecule has 2 fully saturated rings. The highest BCUT2D eigenvalue weighted by Crippen LogP contribution is 2.48. The van der Waals surface area contributed by atoms with E-state index in [2.05, 4.69) is 22.3 Å². The minimum absolute atomic E-state index is 0.0346. The Morgan fingerprint density at radius 1 is 0.784 bits per heavy atom. The van der Waals surface area contributed by atoms with Crippen LogP contribution in [0.4, 0.5) is 11.4 Å². The topological polar surface area (TPSA) is 52.7 Å². The Morgan fingerprint density at radius 2 is 1.54 bits per heavy atom. The van der Waals surface area contributed by atoms with Crippen molar-refractivity contribution in [2.45, 2.75) is 12.3 Å². The van der Waals surface area contributed by atoms with Crippen LogP contribution in [-0.4, -0.2) is 42.9 Å². The largest absolute Gasteiger partial charge is 0.368 e. The fourth-order valence-electron chi connectivity index (χ4n) is 5.25. The fourth-order valence-corrected chi connectivity index (χ4v) is 5.44. The molecule has 0 radical (unpaired) electrons. The number of benzene rings is 4. The maximum absolute atomic E-state index is 13.1. The van der Waals surface area contributed by atoms with E-state index in [0.29, 0.717) is 18.7 Å². The van der Waals surface area contributed by atoms with Gasteiger partial charge in [0.05, 0.1) is 0 Å². The Bertz CT molecular complexity index is 1460. The highest BCUT2D eigenvalue weighted by atomic mass is 35.5. The molecule has 2 amide bonds. The van der Waals surface area contributed by atoms with Gasteiger partial charge in [0.15, 0.2) is 0 Å². The van der Waals surface area contributed by atoms with E-state index in [4.69, 9.17) is 11.6 Å². The third-order valence-electron chi connectivity index (χ3n) is 7.47. The SMILES string of the molecule is O=C(Nc1ccc2ccccc2c1)[C@@H]1C[C@H]1c1ccc(C(=O)N2CCN(c3cccc(Cl)c3)CC2)cc1. The minimum atomic E-state index is -0.0346. The van der Waals surface area contributed by atoms with Crippen molar-refractivity contribution in [2.24, 2.45) is 5.92 Å². The molecule has 6 rings (SSSR count). The first-order valence-electron chi connectivity index (χ1n) is 12.7. The van der Waals surface area contributed by atoms with E-state index in [1.165, 1.54) is 0 Å². The standard InChI is InChI=1S/C31H28ClN3O2/c32-25-6-3-7-27(19-25)34-14-16-35(17-15-34)31(37)23-10-8-22(9-11-23)28-20-29(28)30(36)33-26-13-12-21-4-1-2-5-24(21)18-26/h1-13,18-19,28-29H,14-17,20H2,(H,33,36)/t28-,29+/m0/s1. The maximum Gasteiger partial charge on any atom is 0.253 e. The summed E-state index contributed by atoms with van der Waals surface area (Å²) >= 11 is 6.13. The average molecular weight is 510 g/mol. The molecular weight excluding hydrogens is 482 g/mol. The number of carbonyl (C=O) groups is 2. The monoisotopic (exact) mass is 509 g/mol. The summed E-state index contributed by atoms with van der Waals surface area (Å²) in [6.45, 7) is 2.90. The Hall–Kier alpha value is -3.83. The van der Waals surface area contributed by atoms with E-state index in [0.717, 1.165) is 52.2 Å². The third-order valence-corrected chi connectivity index (χ3v) is 7.71. The average Bonchev–Trinajstić information content (AvgIpc) is 3.74. The van der Waals surface area contributed by atoms with Crippen molar-refractivity contribution in [3.63, 3.8) is 0 Å². The summed E-state index contributed by atoms with van der Waals surface area (Å²) in [6, 6.07) is 29.8. The van der Waals surface area contributed by atoms with Crippen LogP contribution in [0.25, 0.3) is 10.8 Å². The van der Waals surface area contributed by atoms with Crippen molar-refractivity contribution >= 4 is 45.6 Å². The molecule has 186 valence electrons. The van der Waals surface area contributed by atoms with Gasteiger partial charge < -0.3 is 15.1 Å². The Morgan fingerprint density at radius 3 is 2.30 bits per heavy atom. The van der Waals surface area contributed by atoms with Crippen molar-refractivity contribution in [3.05, 3.63) is 107 Å². The van der Waals surface area contributed by atoms with Crippen molar-refractivity contribution in [1.82, 2.24) is 4.90 Å². The number of halogens is 1. The molecule has 0 unspecified atom stereocenters. The molecule has 2 aliphatic rings. The van der Waals surface area contributed by atoms with Gasteiger partial charge in [0.25, 0.3) is 5.91 Å². The summed E-state index contributed by atoms with van der Waals surface area (Å²) in [4.78, 5) is 30.1. The number of amides is 2. The number of piperazine rings is 1. The van der Waals surface area contributed by atoms with Crippen LogP contribution in [0.1, 0.15) is 28.3 Å². The van der Waals surface area contributed by atoms with Gasteiger partial charge in [-0.05, 0) is 71.1 Å². The van der Waals surface area contributed by atoms with Crippen molar-refractivity contribution in [3.8, 4) is 0 Å². The smallest absolute Gasteiger partial charge is 0.253 e. The lowest BCUT2D eigenvalue weighted by atomic mass is 10.1. The highest BCUT2D eigenvalue weighted by molar-refractivity contribution is 6.30. The Kier molecular flexibility index (Phi) is 6.31. The lowest BCUT2D eigenvalue weighted by Gasteiger charge is -2.36. The number of hydrogen-bond acceptors (Lipinski definition) is 3. The molecule has 0 aromatic heterocycles. The van der Waals surface area contributed by atoms with Gasteiger partial charge in [0.1, 0.15) is 0 Å². The first-order chi connectivity index (χ1) is 18.0. The predicted molar refractivity (Wildman–Crippen MR) is 149 cm³/mol. The summed E-state index contributed by atoms with van der Waals surface area (Å²) < 4.78 is 0. The van der Waals surface area contributed by atoms with Gasteiger partial charge in [-0.25, -0.2) is 0 Å². The highest BCUT2D eigenvalue weighted by Gasteiger charge is 2.44. The first kappa shape index (κ1) is 23.6. The van der Waals surface area contributed by atoms with Crippen LogP contribution >= 0.6 is 11.6 Å². The second kappa shape index (κ2) is 9.91. The molecule has 1 saturated heterocycles. The van der Waals surface area contributed by atoms with Gasteiger partial charge in [-0.15, -0.1) is 0 Å². The van der Waals surface area contributed by atoms with Crippen molar-refractivity contribution in [2.75, 3.05) is 36.4 Å². The Balaban J connectivity index is 1.03. The van der Waals surface area contributed by atoms with Crippen molar-refractivity contribution in [1.29, 1.82) is 0 Å². The molecule has 2 atom stereocenters. The molecule has 1 saturated carbocycles. The molecule has 1 N–H and O–H groups in total. The van der Waals surface area contributed by atoms with Gasteiger partial charge in [0.2, 0.25) is 5.91 Å². The van der Waals surface area contributed by atoms with E-state index in [1.807, 2.05) is 83.8 Å². The zero-order valence-corrected chi connectivity index (χ0v) is 21.2. The second-order valence-electron chi connectivity index (χ2n) is 9.88. The molecule has 0 spiro atoms. The van der Waals surface area contributed by atoms with Gasteiger partial charge >= 0.3 is 0 Å². The molecule has 1 aliphatic carbocycles. The lowest BCUT2D eigenvalue weighted by molar-refractivity contribution is -0.117. The maximum atomic E-state index is 13.1. The number of fused-ring (bicyclic) bond motifs is 1. The summed E-state index contributed by atoms with van der Waals surface area (Å²) in [7, 11) is 0. The van der Waals surface area contributed by atoms with Crippen molar-refractivity contribution < 1.29 is 9.59 Å². The van der Waals surface area contributed by atoms with Gasteiger partial charge in [-0.2, -0.15) is 0 Å². The summed E-state index contributed by atoms with van der Waals surface area (Å²) in [5.41, 5.74) is 3.72. The summed E-state index contributed by atoms with van der Waals surface area (Å²) in [5, 5.41) is 6.06. The normalized spacial score (nSPS) is 19.1. The zero-order valence-electron chi connectivity index (χ0n) is 20.4. The molecule has 1 aliphatic heterocycles. The van der Waals surface area contributed by atoms with Crippen LogP contribution in [-0.2, 0) is 4.79 Å². The number of rotatable bonds is 5. The lowest BCUT2D eigenvalue weighted by Crippen LogP contribution is -2.48. The van der Waals surface area contributed by atoms with E-state index in [9.17, 15) is 9.59 Å². The molecule has 5 nitrogen and oxygen atoms in total. The number of nitrogens with one attached hydrogen (secondary N) is 1. The minimum Gasteiger partial charge on any atom is -0.368 e. The number of carbonyl (C=O) groups excluding carboxylic acids is 2. The Labute approximate surface area is 221 Å². The second-order valence-corrected chi connectivity index (χ2v) is 10.3. The number of hydrogen-bond donors (Lipinski definition) is 1. The summed E-state index contributed by atoms with van der Waals surface area (Å²) in [5.74, 6) is 0.273. The van der Waals surface area contributed by atoms with Gasteiger partial charge in [0, 0.05) is 54.1 Å². The molecule has 4 aromatic rings. The quantitative estimate of drug-likeness (QED) is 0.348. The van der Waals surface area contributed by atoms with Crippen LogP contribution in [0.3, 0.4) is 0 Å². The van der Waals surface area contributed by atoms with E-state index in [1.54, 1.807) is 0 Å². The molecular formula is C31H28ClN3O2. The number of nitrogens with zero attached hydrogens (tertiary/aromatic N) is 2. The first-order valence-corrected chi connectivity index (χ1v) is 13.1. The van der Waals surface area contributed by atoms with E-state index >= 15 is 0 Å². The molecule has 37 heavy (non-hydrogen) atoms. The molecule has 0 bridgehead atoms. The van der Waals surface area contributed by atoms with E-state index in [-0.39, 0.29) is 23.7 Å². The zero-order chi connectivity index (χ0) is 25.4. The molecule has 4 aromatic carbocycles. The van der Waals surface area contributed by atoms with Crippen LogP contribution < -0.4 is 10.2 Å². The summed E-state index contributed by atoms with van der Waals surface area (Å²) in [6.07, 6.45) is 0.832. The predicted octanol–water partition coefficient (Wildman–Crippen LogP) is 6.20. The molecule has 1 heterocycles.